The van der Waals surface area contributed by atoms with Crippen molar-refractivity contribution >= 4 is 11.8 Å². The molecule has 0 radical (unpaired) electrons. The van der Waals surface area contributed by atoms with Crippen molar-refractivity contribution in [3.8, 4) is 11.4 Å². The first-order chi connectivity index (χ1) is 11.8. The standard InChI is InChI=1S/C16H14F3N3O2S/c1-9-13(10(2)23-21-9)7-25-8-14-20-15(22-24-14)11-3-5-12(6-4-11)16(17,18)19/h3-6H,7-8H2,1-2H3. The molecule has 25 heavy (non-hydrogen) atoms. The van der Waals surface area contributed by atoms with E-state index in [4.69, 9.17) is 9.05 Å². The Hall–Kier alpha value is -2.29. The molecule has 0 unspecified atom stereocenters. The maximum atomic E-state index is 12.6. The number of aryl methyl sites for hydroxylation is 2. The summed E-state index contributed by atoms with van der Waals surface area (Å²) in [5.41, 5.74) is 1.64. The van der Waals surface area contributed by atoms with Gasteiger partial charge in [-0.2, -0.15) is 18.2 Å². The normalized spacial score (nSPS) is 11.9. The van der Waals surface area contributed by atoms with Crippen LogP contribution < -0.4 is 0 Å². The van der Waals surface area contributed by atoms with Gasteiger partial charge in [0, 0.05) is 16.9 Å². The molecule has 1 aromatic carbocycles. The molecule has 2 aromatic heterocycles. The molecule has 2 heterocycles. The van der Waals surface area contributed by atoms with Gasteiger partial charge in [0.05, 0.1) is 17.0 Å². The molecule has 5 nitrogen and oxygen atoms in total. The number of aromatic nitrogens is 3. The fourth-order valence-corrected chi connectivity index (χ4v) is 3.20. The minimum atomic E-state index is -4.37. The molecule has 0 aliphatic carbocycles. The largest absolute Gasteiger partial charge is 0.416 e. The number of hydrogen-bond donors (Lipinski definition) is 0. The first-order valence-electron chi connectivity index (χ1n) is 7.34. The van der Waals surface area contributed by atoms with Crippen molar-refractivity contribution in [2.75, 3.05) is 0 Å². The predicted molar refractivity (Wildman–Crippen MR) is 85.7 cm³/mol. The van der Waals surface area contributed by atoms with E-state index in [2.05, 4.69) is 15.3 Å². The molecule has 0 atom stereocenters. The predicted octanol–water partition coefficient (Wildman–Crippen LogP) is 4.79. The van der Waals surface area contributed by atoms with Crippen LogP contribution in [0, 0.1) is 13.8 Å². The average Bonchev–Trinajstić information content (AvgIpc) is 3.16. The van der Waals surface area contributed by atoms with E-state index in [1.165, 1.54) is 12.1 Å². The first kappa shape index (κ1) is 17.5. The molecule has 3 aromatic rings. The fraction of sp³-hybridized carbons (Fsp3) is 0.312. The zero-order valence-corrected chi connectivity index (χ0v) is 14.2. The number of rotatable bonds is 5. The molecule has 132 valence electrons. The highest BCUT2D eigenvalue weighted by Crippen LogP contribution is 2.30. The summed E-state index contributed by atoms with van der Waals surface area (Å²) in [5.74, 6) is 2.63. The summed E-state index contributed by atoms with van der Waals surface area (Å²) in [4.78, 5) is 4.22. The number of nitrogens with zero attached hydrogens (tertiary/aromatic N) is 3. The second-order valence-corrected chi connectivity index (χ2v) is 6.37. The summed E-state index contributed by atoms with van der Waals surface area (Å²) < 4.78 is 48.0. The molecule has 0 bridgehead atoms. The van der Waals surface area contributed by atoms with Crippen molar-refractivity contribution in [2.24, 2.45) is 0 Å². The van der Waals surface area contributed by atoms with Gasteiger partial charge in [-0.25, -0.2) is 0 Å². The highest BCUT2D eigenvalue weighted by Gasteiger charge is 2.30. The van der Waals surface area contributed by atoms with Crippen molar-refractivity contribution < 1.29 is 22.2 Å². The maximum absolute atomic E-state index is 12.6. The van der Waals surface area contributed by atoms with Crippen molar-refractivity contribution in [3.63, 3.8) is 0 Å². The van der Waals surface area contributed by atoms with Crippen LogP contribution in [0.2, 0.25) is 0 Å². The Kier molecular flexibility index (Phi) is 4.85. The van der Waals surface area contributed by atoms with Gasteiger partial charge in [-0.3, -0.25) is 0 Å². The molecule has 0 aliphatic rings. The van der Waals surface area contributed by atoms with Crippen LogP contribution in [0.1, 0.15) is 28.5 Å². The molecule has 0 amide bonds. The zero-order valence-electron chi connectivity index (χ0n) is 13.4. The SMILES string of the molecule is Cc1noc(C)c1CSCc1nc(-c2ccc(C(F)(F)F)cc2)no1. The lowest BCUT2D eigenvalue weighted by atomic mass is 10.1. The van der Waals surface area contributed by atoms with Gasteiger partial charge in [0.1, 0.15) is 5.76 Å². The molecular weight excluding hydrogens is 355 g/mol. The van der Waals surface area contributed by atoms with Crippen molar-refractivity contribution in [1.82, 2.24) is 15.3 Å². The Labute approximate surface area is 145 Å². The van der Waals surface area contributed by atoms with E-state index in [1.54, 1.807) is 11.8 Å². The summed E-state index contributed by atoms with van der Waals surface area (Å²) >= 11 is 1.56. The van der Waals surface area contributed by atoms with Gasteiger partial charge in [-0.15, -0.1) is 11.8 Å². The van der Waals surface area contributed by atoms with Gasteiger partial charge in [-0.05, 0) is 26.0 Å². The minimum Gasteiger partial charge on any atom is -0.361 e. The minimum absolute atomic E-state index is 0.265. The lowest BCUT2D eigenvalue weighted by Gasteiger charge is -2.05. The Bertz CT molecular complexity index is 837. The van der Waals surface area contributed by atoms with E-state index >= 15 is 0 Å². The number of thioether (sulfide) groups is 1. The van der Waals surface area contributed by atoms with E-state index in [0.717, 1.165) is 29.2 Å². The fourth-order valence-electron chi connectivity index (χ4n) is 2.19. The van der Waals surface area contributed by atoms with Crippen LogP contribution in [0.4, 0.5) is 13.2 Å². The Morgan fingerprint density at radius 3 is 2.32 bits per heavy atom. The first-order valence-corrected chi connectivity index (χ1v) is 8.50. The highest BCUT2D eigenvalue weighted by molar-refractivity contribution is 7.97. The van der Waals surface area contributed by atoms with Crippen LogP contribution in [0.25, 0.3) is 11.4 Å². The van der Waals surface area contributed by atoms with Gasteiger partial charge in [0.2, 0.25) is 11.7 Å². The maximum Gasteiger partial charge on any atom is 0.416 e. The van der Waals surface area contributed by atoms with Crippen LogP contribution in [0.5, 0.6) is 0 Å². The van der Waals surface area contributed by atoms with E-state index in [0.29, 0.717) is 23.0 Å². The Morgan fingerprint density at radius 2 is 1.72 bits per heavy atom. The quantitative estimate of drug-likeness (QED) is 0.644. The number of alkyl halides is 3. The Morgan fingerprint density at radius 1 is 1.00 bits per heavy atom. The third-order valence-electron chi connectivity index (χ3n) is 3.59. The number of hydrogen-bond acceptors (Lipinski definition) is 6. The summed E-state index contributed by atoms with van der Waals surface area (Å²) in [6, 6.07) is 4.65. The molecule has 3 rings (SSSR count). The van der Waals surface area contributed by atoms with Gasteiger partial charge >= 0.3 is 6.18 Å². The van der Waals surface area contributed by atoms with Crippen LogP contribution in [0.3, 0.4) is 0 Å². The number of halogens is 3. The topological polar surface area (TPSA) is 65.0 Å². The van der Waals surface area contributed by atoms with Crippen molar-refractivity contribution in [1.29, 1.82) is 0 Å². The van der Waals surface area contributed by atoms with Gasteiger partial charge < -0.3 is 9.05 Å². The molecular formula is C16H14F3N3O2S. The summed E-state index contributed by atoms with van der Waals surface area (Å²) in [5, 5.41) is 7.71. The molecule has 0 saturated carbocycles. The van der Waals surface area contributed by atoms with Crippen molar-refractivity contribution in [2.45, 2.75) is 31.5 Å². The summed E-state index contributed by atoms with van der Waals surface area (Å²) in [7, 11) is 0. The van der Waals surface area contributed by atoms with Gasteiger partial charge in [0.25, 0.3) is 0 Å². The molecule has 0 spiro atoms. The third kappa shape index (κ3) is 4.04. The molecule has 0 saturated heterocycles. The highest BCUT2D eigenvalue weighted by atomic mass is 32.2. The molecule has 0 aliphatic heterocycles. The molecule has 0 fully saturated rings. The average molecular weight is 369 g/mol. The van der Waals surface area contributed by atoms with Crippen LogP contribution in [0.15, 0.2) is 33.3 Å². The summed E-state index contributed by atoms with van der Waals surface area (Å²) in [6.45, 7) is 3.73. The van der Waals surface area contributed by atoms with Crippen LogP contribution in [-0.4, -0.2) is 15.3 Å². The number of benzene rings is 1. The van der Waals surface area contributed by atoms with E-state index < -0.39 is 11.7 Å². The third-order valence-corrected chi connectivity index (χ3v) is 4.54. The Balaban J connectivity index is 1.62. The van der Waals surface area contributed by atoms with E-state index in [1.807, 2.05) is 13.8 Å². The second-order valence-electron chi connectivity index (χ2n) is 5.38. The van der Waals surface area contributed by atoms with Crippen LogP contribution >= 0.6 is 11.8 Å². The monoisotopic (exact) mass is 369 g/mol. The van der Waals surface area contributed by atoms with Crippen LogP contribution in [-0.2, 0) is 17.7 Å². The second kappa shape index (κ2) is 6.91. The van der Waals surface area contributed by atoms with Gasteiger partial charge in [0.15, 0.2) is 0 Å². The van der Waals surface area contributed by atoms with Crippen molar-refractivity contribution in [3.05, 3.63) is 52.7 Å². The lowest BCUT2D eigenvalue weighted by molar-refractivity contribution is -0.137. The van der Waals surface area contributed by atoms with Gasteiger partial charge in [-0.1, -0.05) is 22.4 Å². The van der Waals surface area contributed by atoms with E-state index in [-0.39, 0.29) is 5.82 Å². The molecule has 9 heteroatoms. The zero-order chi connectivity index (χ0) is 18.0. The lowest BCUT2D eigenvalue weighted by Crippen LogP contribution is -2.04. The van der Waals surface area contributed by atoms with E-state index in [9.17, 15) is 13.2 Å². The molecule has 0 N–H and O–H groups in total. The summed E-state index contributed by atoms with van der Waals surface area (Å²) in [6.07, 6.45) is -4.37. The smallest absolute Gasteiger partial charge is 0.361 e.